The Morgan fingerprint density at radius 3 is 2.79 bits per heavy atom. The Hall–Kier alpha value is -1.22. The summed E-state index contributed by atoms with van der Waals surface area (Å²) in [7, 11) is -3.82. The summed E-state index contributed by atoms with van der Waals surface area (Å²) in [6.45, 7) is 2.18. The number of hydrogen-bond acceptors (Lipinski definition) is 4. The van der Waals surface area contributed by atoms with Crippen LogP contribution in [0, 0.1) is 5.82 Å². The number of piperazine rings is 1. The fourth-order valence-corrected chi connectivity index (χ4v) is 5.25. The van der Waals surface area contributed by atoms with E-state index in [1.807, 2.05) is 0 Å². The first kappa shape index (κ1) is 17.6. The van der Waals surface area contributed by atoms with Crippen molar-refractivity contribution in [1.29, 1.82) is 0 Å². The van der Waals surface area contributed by atoms with Gasteiger partial charge in [-0.25, -0.2) is 12.8 Å². The highest BCUT2D eigenvalue weighted by atomic mass is 35.5. The second-order valence-corrected chi connectivity index (χ2v) is 8.31. The molecule has 0 radical (unpaired) electrons. The average molecular weight is 376 g/mol. The predicted octanol–water partition coefficient (Wildman–Crippen LogP) is 1.06. The molecule has 0 saturated carbocycles. The van der Waals surface area contributed by atoms with E-state index in [9.17, 15) is 17.6 Å². The highest BCUT2D eigenvalue weighted by Crippen LogP contribution is 2.28. The number of amides is 1. The number of rotatable bonds is 3. The molecule has 2 aliphatic rings. The van der Waals surface area contributed by atoms with Crippen LogP contribution < -0.4 is 5.32 Å². The smallest absolute Gasteiger partial charge is 0.244 e. The van der Waals surface area contributed by atoms with Crippen molar-refractivity contribution < 1.29 is 17.6 Å². The molecule has 1 aromatic carbocycles. The first-order chi connectivity index (χ1) is 11.4. The lowest BCUT2D eigenvalue weighted by Crippen LogP contribution is -2.57. The van der Waals surface area contributed by atoms with Crippen molar-refractivity contribution in [2.45, 2.75) is 23.8 Å². The summed E-state index contributed by atoms with van der Waals surface area (Å²) in [5.74, 6) is -0.591. The molecule has 1 N–H and O–H groups in total. The molecule has 0 aliphatic carbocycles. The number of sulfonamides is 1. The fourth-order valence-electron chi connectivity index (χ4n) is 3.22. The summed E-state index contributed by atoms with van der Waals surface area (Å²) in [6.07, 6.45) is 1.44. The van der Waals surface area contributed by atoms with E-state index in [1.165, 1.54) is 10.4 Å². The van der Waals surface area contributed by atoms with Gasteiger partial charge in [-0.05, 0) is 31.0 Å². The molecule has 2 heterocycles. The topological polar surface area (TPSA) is 69.7 Å². The van der Waals surface area contributed by atoms with Gasteiger partial charge in [-0.3, -0.25) is 4.79 Å². The van der Waals surface area contributed by atoms with Gasteiger partial charge in [0.2, 0.25) is 15.9 Å². The maximum absolute atomic E-state index is 13.2. The van der Waals surface area contributed by atoms with Crippen LogP contribution in [-0.4, -0.2) is 62.3 Å². The Balaban J connectivity index is 1.82. The first-order valence-electron chi connectivity index (χ1n) is 7.85. The van der Waals surface area contributed by atoms with Gasteiger partial charge in [0.1, 0.15) is 10.7 Å². The van der Waals surface area contributed by atoms with E-state index in [0.29, 0.717) is 26.1 Å². The molecule has 6 nitrogen and oxygen atoms in total. The van der Waals surface area contributed by atoms with E-state index in [-0.39, 0.29) is 35.0 Å². The van der Waals surface area contributed by atoms with Gasteiger partial charge in [-0.15, -0.1) is 0 Å². The number of carbonyl (C=O) groups is 1. The molecule has 2 saturated heterocycles. The van der Waals surface area contributed by atoms with Crippen molar-refractivity contribution in [3.8, 4) is 0 Å². The Morgan fingerprint density at radius 2 is 2.08 bits per heavy atom. The number of nitrogens with one attached hydrogen (secondary N) is 1. The summed E-state index contributed by atoms with van der Waals surface area (Å²) in [5.41, 5.74) is 0. The third-order valence-electron chi connectivity index (χ3n) is 4.44. The molecule has 9 heteroatoms. The third kappa shape index (κ3) is 3.42. The Morgan fingerprint density at radius 1 is 1.29 bits per heavy atom. The predicted molar refractivity (Wildman–Crippen MR) is 87.8 cm³/mol. The zero-order valence-electron chi connectivity index (χ0n) is 13.0. The zero-order chi connectivity index (χ0) is 17.3. The summed E-state index contributed by atoms with van der Waals surface area (Å²) >= 11 is 5.92. The van der Waals surface area contributed by atoms with E-state index in [2.05, 4.69) is 5.32 Å². The number of piperidine rings is 1. The normalized spacial score (nSPS) is 23.5. The molecule has 1 amide bonds. The summed E-state index contributed by atoms with van der Waals surface area (Å²) < 4.78 is 40.2. The van der Waals surface area contributed by atoms with Gasteiger partial charge < -0.3 is 10.2 Å². The van der Waals surface area contributed by atoms with Crippen LogP contribution in [0.4, 0.5) is 4.39 Å². The lowest BCUT2D eigenvalue weighted by atomic mass is 10.1. The zero-order valence-corrected chi connectivity index (χ0v) is 14.6. The maximum atomic E-state index is 13.2. The number of hydrogen-bond donors (Lipinski definition) is 1. The third-order valence-corrected chi connectivity index (χ3v) is 6.79. The number of carbonyl (C=O) groups excluding carboxylic acids is 1. The lowest BCUT2D eigenvalue weighted by Gasteiger charge is -2.40. The SMILES string of the molecule is O=C1CNCCN1C1CCCN(S(=O)(=O)c2ccc(F)cc2Cl)C1. The Kier molecular flexibility index (Phi) is 5.10. The number of nitrogens with zero attached hydrogens (tertiary/aromatic N) is 2. The molecule has 2 aliphatic heterocycles. The van der Waals surface area contributed by atoms with Crippen molar-refractivity contribution in [3.63, 3.8) is 0 Å². The number of halogens is 2. The summed E-state index contributed by atoms with van der Waals surface area (Å²) in [5, 5.41) is 2.88. The minimum atomic E-state index is -3.82. The van der Waals surface area contributed by atoms with E-state index >= 15 is 0 Å². The van der Waals surface area contributed by atoms with E-state index in [1.54, 1.807) is 4.90 Å². The Labute approximate surface area is 145 Å². The van der Waals surface area contributed by atoms with Crippen LogP contribution in [-0.2, 0) is 14.8 Å². The number of benzene rings is 1. The first-order valence-corrected chi connectivity index (χ1v) is 9.67. The van der Waals surface area contributed by atoms with Crippen molar-refractivity contribution in [2.24, 2.45) is 0 Å². The molecule has 24 heavy (non-hydrogen) atoms. The quantitative estimate of drug-likeness (QED) is 0.857. The van der Waals surface area contributed by atoms with Crippen LogP contribution in [0.1, 0.15) is 12.8 Å². The molecule has 1 unspecified atom stereocenters. The van der Waals surface area contributed by atoms with Crippen molar-refractivity contribution in [1.82, 2.24) is 14.5 Å². The molecule has 2 fully saturated rings. The molecular weight excluding hydrogens is 357 g/mol. The molecule has 1 aromatic rings. The molecule has 1 atom stereocenters. The fraction of sp³-hybridized carbons (Fsp3) is 0.533. The van der Waals surface area contributed by atoms with Crippen LogP contribution in [0.3, 0.4) is 0 Å². The van der Waals surface area contributed by atoms with Crippen molar-refractivity contribution in [2.75, 3.05) is 32.7 Å². The second-order valence-electron chi connectivity index (χ2n) is 6.00. The highest BCUT2D eigenvalue weighted by Gasteiger charge is 2.35. The molecule has 132 valence electrons. The van der Waals surface area contributed by atoms with Gasteiger partial charge in [0, 0.05) is 32.2 Å². The van der Waals surface area contributed by atoms with Gasteiger partial charge in [0.05, 0.1) is 11.6 Å². The minimum Gasteiger partial charge on any atom is -0.336 e. The van der Waals surface area contributed by atoms with E-state index in [4.69, 9.17) is 11.6 Å². The molecule has 0 aromatic heterocycles. The highest BCUT2D eigenvalue weighted by molar-refractivity contribution is 7.89. The maximum Gasteiger partial charge on any atom is 0.244 e. The van der Waals surface area contributed by atoms with Crippen LogP contribution in [0.25, 0.3) is 0 Å². The van der Waals surface area contributed by atoms with Crippen LogP contribution >= 0.6 is 11.6 Å². The molecule has 0 bridgehead atoms. The van der Waals surface area contributed by atoms with Crippen LogP contribution in [0.15, 0.2) is 23.1 Å². The summed E-state index contributed by atoms with van der Waals surface area (Å²) in [4.78, 5) is 13.7. The van der Waals surface area contributed by atoms with Crippen molar-refractivity contribution >= 4 is 27.5 Å². The standard InChI is InChI=1S/C15H19ClFN3O3S/c16-13-8-11(17)3-4-14(13)24(22,23)19-6-1-2-12(10-19)20-7-5-18-9-15(20)21/h3-4,8,12,18H,1-2,5-7,9-10H2. The molecule has 3 rings (SSSR count). The van der Waals surface area contributed by atoms with E-state index < -0.39 is 15.8 Å². The largest absolute Gasteiger partial charge is 0.336 e. The van der Waals surface area contributed by atoms with Crippen molar-refractivity contribution in [3.05, 3.63) is 29.0 Å². The Bertz CT molecular complexity index is 743. The monoisotopic (exact) mass is 375 g/mol. The second kappa shape index (κ2) is 6.95. The van der Waals surface area contributed by atoms with Gasteiger partial charge in [-0.1, -0.05) is 11.6 Å². The average Bonchev–Trinajstić information content (AvgIpc) is 2.55. The van der Waals surface area contributed by atoms with Gasteiger partial charge in [0.25, 0.3) is 0 Å². The van der Waals surface area contributed by atoms with Crippen LogP contribution in [0.5, 0.6) is 0 Å². The van der Waals surface area contributed by atoms with Gasteiger partial charge >= 0.3 is 0 Å². The van der Waals surface area contributed by atoms with Gasteiger partial charge in [-0.2, -0.15) is 4.31 Å². The van der Waals surface area contributed by atoms with E-state index in [0.717, 1.165) is 18.6 Å². The molecule has 0 spiro atoms. The lowest BCUT2D eigenvalue weighted by molar-refractivity contribution is -0.135. The molecular formula is C15H19ClFN3O3S. The van der Waals surface area contributed by atoms with Crippen LogP contribution in [0.2, 0.25) is 5.02 Å². The summed E-state index contributed by atoms with van der Waals surface area (Å²) in [6, 6.07) is 3.13. The minimum absolute atomic E-state index is 0.00897. The van der Waals surface area contributed by atoms with Gasteiger partial charge in [0.15, 0.2) is 0 Å².